The lowest BCUT2D eigenvalue weighted by atomic mass is 10.0. The molecule has 0 aliphatic carbocycles. The summed E-state index contributed by atoms with van der Waals surface area (Å²) in [6, 6.07) is 8.39. The number of carbonyl (C=O) groups excluding carboxylic acids is 2. The highest BCUT2D eigenvalue weighted by Crippen LogP contribution is 2.16. The van der Waals surface area contributed by atoms with Crippen LogP contribution in [0.15, 0.2) is 29.3 Å². The van der Waals surface area contributed by atoms with E-state index >= 15 is 0 Å². The molecule has 2 amide bonds. The Hall–Kier alpha value is -2.12. The zero-order valence-electron chi connectivity index (χ0n) is 17.0. The fourth-order valence-electron chi connectivity index (χ4n) is 3.81. The van der Waals surface area contributed by atoms with E-state index in [0.717, 1.165) is 43.5 Å². The summed E-state index contributed by atoms with van der Waals surface area (Å²) in [5, 5.41) is 7.46. The zero-order chi connectivity index (χ0) is 20.6. The van der Waals surface area contributed by atoms with Crippen LogP contribution in [-0.2, 0) is 16.1 Å². The molecule has 8 heteroatoms. The van der Waals surface area contributed by atoms with E-state index in [4.69, 9.17) is 11.6 Å². The van der Waals surface area contributed by atoms with Crippen molar-refractivity contribution in [2.75, 3.05) is 33.2 Å². The van der Waals surface area contributed by atoms with E-state index in [0.29, 0.717) is 38.4 Å². The number of hydrogen-bond donors (Lipinski definition) is 2. The van der Waals surface area contributed by atoms with Gasteiger partial charge in [0, 0.05) is 63.7 Å². The monoisotopic (exact) mass is 419 g/mol. The number of aliphatic imine (C=N–C) groups is 1. The molecule has 2 saturated heterocycles. The van der Waals surface area contributed by atoms with Crippen LogP contribution >= 0.6 is 11.6 Å². The maximum atomic E-state index is 11.9. The number of nitrogens with one attached hydrogen (secondary N) is 2. The second-order valence-electron chi connectivity index (χ2n) is 7.61. The Kier molecular flexibility index (Phi) is 7.89. The Labute approximate surface area is 177 Å². The van der Waals surface area contributed by atoms with Crippen molar-refractivity contribution in [2.24, 2.45) is 4.99 Å². The minimum atomic E-state index is -0.0703. The van der Waals surface area contributed by atoms with Crippen molar-refractivity contribution in [3.8, 4) is 0 Å². The van der Waals surface area contributed by atoms with Crippen LogP contribution in [0.4, 0.5) is 0 Å². The first-order valence-corrected chi connectivity index (χ1v) is 10.7. The first-order chi connectivity index (χ1) is 14.0. The molecule has 2 aliphatic rings. The number of rotatable bonds is 6. The molecule has 0 bridgehead atoms. The highest BCUT2D eigenvalue weighted by Gasteiger charge is 2.25. The van der Waals surface area contributed by atoms with Gasteiger partial charge in [0.25, 0.3) is 0 Å². The van der Waals surface area contributed by atoms with E-state index in [-0.39, 0.29) is 11.8 Å². The summed E-state index contributed by atoms with van der Waals surface area (Å²) in [4.78, 5) is 31.8. The van der Waals surface area contributed by atoms with Gasteiger partial charge in [0.1, 0.15) is 0 Å². The number of nitrogens with zero attached hydrogens (tertiary/aromatic N) is 3. The Bertz CT molecular complexity index is 713. The van der Waals surface area contributed by atoms with Crippen LogP contribution in [0.25, 0.3) is 0 Å². The standard InChI is InChI=1S/C21H30ClN5O2/c1-23-21(24-11-14-27-19(28)3-2-4-20(27)29)25-18-9-12-26(13-10-18)15-16-5-7-17(22)8-6-16/h5-8,18H,2-4,9-15H2,1H3,(H2,23,24,25). The molecular weight excluding hydrogens is 390 g/mol. The zero-order valence-corrected chi connectivity index (χ0v) is 17.7. The van der Waals surface area contributed by atoms with E-state index in [9.17, 15) is 9.59 Å². The molecule has 1 aromatic carbocycles. The van der Waals surface area contributed by atoms with Gasteiger partial charge in [0.2, 0.25) is 11.8 Å². The Morgan fingerprint density at radius 3 is 2.41 bits per heavy atom. The summed E-state index contributed by atoms with van der Waals surface area (Å²) in [6.45, 7) is 3.88. The van der Waals surface area contributed by atoms with Crippen molar-refractivity contribution in [1.82, 2.24) is 20.4 Å². The molecule has 1 aromatic rings. The quantitative estimate of drug-likeness (QED) is 0.419. The average Bonchev–Trinajstić information content (AvgIpc) is 2.72. The SMILES string of the molecule is CN=C(NCCN1C(=O)CCCC1=O)NC1CCN(Cc2ccc(Cl)cc2)CC1. The van der Waals surface area contributed by atoms with Gasteiger partial charge >= 0.3 is 0 Å². The highest BCUT2D eigenvalue weighted by atomic mass is 35.5. The molecule has 2 N–H and O–H groups in total. The molecule has 29 heavy (non-hydrogen) atoms. The lowest BCUT2D eigenvalue weighted by Gasteiger charge is -2.33. The smallest absolute Gasteiger partial charge is 0.229 e. The van der Waals surface area contributed by atoms with Crippen LogP contribution in [0.1, 0.15) is 37.7 Å². The summed E-state index contributed by atoms with van der Waals surface area (Å²) in [7, 11) is 1.74. The number of guanidine groups is 1. The van der Waals surface area contributed by atoms with Crippen molar-refractivity contribution in [1.29, 1.82) is 0 Å². The van der Waals surface area contributed by atoms with E-state index in [2.05, 4.69) is 32.7 Å². The molecule has 2 fully saturated rings. The lowest BCUT2D eigenvalue weighted by Crippen LogP contribution is -2.50. The molecule has 0 radical (unpaired) electrons. The second kappa shape index (κ2) is 10.6. The fourth-order valence-corrected chi connectivity index (χ4v) is 3.93. The second-order valence-corrected chi connectivity index (χ2v) is 8.05. The van der Waals surface area contributed by atoms with Gasteiger partial charge < -0.3 is 10.6 Å². The number of halogens is 1. The topological polar surface area (TPSA) is 77.0 Å². The largest absolute Gasteiger partial charge is 0.355 e. The number of hydrogen-bond acceptors (Lipinski definition) is 4. The van der Waals surface area contributed by atoms with Gasteiger partial charge in [-0.25, -0.2) is 0 Å². The third-order valence-corrected chi connectivity index (χ3v) is 5.73. The van der Waals surface area contributed by atoms with Gasteiger partial charge in [-0.15, -0.1) is 0 Å². The predicted molar refractivity (Wildman–Crippen MR) is 115 cm³/mol. The third kappa shape index (κ3) is 6.44. The normalized spacial score (nSPS) is 19.5. The molecule has 0 aromatic heterocycles. The number of carbonyl (C=O) groups is 2. The predicted octanol–water partition coefficient (Wildman–Crippen LogP) is 2.01. The third-order valence-electron chi connectivity index (χ3n) is 5.48. The van der Waals surface area contributed by atoms with Crippen LogP contribution in [0.5, 0.6) is 0 Å². The summed E-state index contributed by atoms with van der Waals surface area (Å²) >= 11 is 5.96. The van der Waals surface area contributed by atoms with Crippen molar-refractivity contribution >= 4 is 29.4 Å². The Balaban J connectivity index is 1.37. The molecular formula is C21H30ClN5O2. The molecule has 0 unspecified atom stereocenters. The van der Waals surface area contributed by atoms with Gasteiger partial charge in [-0.1, -0.05) is 23.7 Å². The molecule has 158 valence electrons. The molecule has 0 spiro atoms. The summed E-state index contributed by atoms with van der Waals surface area (Å²) in [5.74, 6) is 0.580. The number of imide groups is 1. The van der Waals surface area contributed by atoms with Gasteiger partial charge in [0.15, 0.2) is 5.96 Å². The summed E-state index contributed by atoms with van der Waals surface area (Å²) in [5.41, 5.74) is 1.28. The van der Waals surface area contributed by atoms with Gasteiger partial charge in [-0.2, -0.15) is 0 Å². The molecule has 0 saturated carbocycles. The first-order valence-electron chi connectivity index (χ1n) is 10.3. The maximum Gasteiger partial charge on any atom is 0.229 e. The van der Waals surface area contributed by atoms with Crippen LogP contribution < -0.4 is 10.6 Å². The molecule has 7 nitrogen and oxygen atoms in total. The lowest BCUT2D eigenvalue weighted by molar-refractivity contribution is -0.147. The minimum Gasteiger partial charge on any atom is -0.355 e. The molecule has 2 heterocycles. The van der Waals surface area contributed by atoms with E-state index in [1.54, 1.807) is 7.05 Å². The van der Waals surface area contributed by atoms with Crippen molar-refractivity contribution in [3.63, 3.8) is 0 Å². The minimum absolute atomic E-state index is 0.0703. The summed E-state index contributed by atoms with van der Waals surface area (Å²) in [6.07, 6.45) is 3.68. The number of amides is 2. The fraction of sp³-hybridized carbons (Fsp3) is 0.571. The van der Waals surface area contributed by atoms with Crippen molar-refractivity contribution in [3.05, 3.63) is 34.9 Å². The van der Waals surface area contributed by atoms with Gasteiger partial charge in [-0.3, -0.25) is 24.4 Å². The van der Waals surface area contributed by atoms with Crippen LogP contribution in [0, 0.1) is 0 Å². The molecule has 0 atom stereocenters. The van der Waals surface area contributed by atoms with Gasteiger partial charge in [-0.05, 0) is 37.0 Å². The van der Waals surface area contributed by atoms with E-state index in [1.807, 2.05) is 12.1 Å². The van der Waals surface area contributed by atoms with Gasteiger partial charge in [0.05, 0.1) is 0 Å². The highest BCUT2D eigenvalue weighted by molar-refractivity contribution is 6.30. The van der Waals surface area contributed by atoms with Crippen LogP contribution in [0.2, 0.25) is 5.02 Å². The first kappa shape index (κ1) is 21.6. The molecule has 3 rings (SSSR count). The number of piperidine rings is 2. The van der Waals surface area contributed by atoms with Crippen LogP contribution in [-0.4, -0.2) is 66.8 Å². The van der Waals surface area contributed by atoms with Crippen molar-refractivity contribution < 1.29 is 9.59 Å². The number of benzene rings is 1. The average molecular weight is 420 g/mol. The number of likely N-dealkylation sites (tertiary alicyclic amines) is 2. The summed E-state index contributed by atoms with van der Waals surface area (Å²) < 4.78 is 0. The van der Waals surface area contributed by atoms with Crippen molar-refractivity contribution in [2.45, 2.75) is 44.7 Å². The maximum absolute atomic E-state index is 11.9. The Morgan fingerprint density at radius 2 is 1.79 bits per heavy atom. The Morgan fingerprint density at radius 1 is 1.14 bits per heavy atom. The van der Waals surface area contributed by atoms with E-state index < -0.39 is 0 Å². The molecule has 2 aliphatic heterocycles. The van der Waals surface area contributed by atoms with E-state index in [1.165, 1.54) is 10.5 Å². The van der Waals surface area contributed by atoms with Crippen LogP contribution in [0.3, 0.4) is 0 Å².